The highest BCUT2D eigenvalue weighted by atomic mass is 16.5. The van der Waals surface area contributed by atoms with Crippen LogP contribution < -0.4 is 10.1 Å². The first-order chi connectivity index (χ1) is 14.6. The molecule has 0 atom stereocenters. The predicted octanol–water partition coefficient (Wildman–Crippen LogP) is 4.45. The Morgan fingerprint density at radius 3 is 2.73 bits per heavy atom. The molecule has 4 rings (SSSR count). The smallest absolute Gasteiger partial charge is 0.248 e. The summed E-state index contributed by atoms with van der Waals surface area (Å²) in [6.07, 6.45) is 4.84. The highest BCUT2D eigenvalue weighted by Crippen LogP contribution is 2.27. The second-order valence-electron chi connectivity index (χ2n) is 6.79. The topological polar surface area (TPSA) is 76.4 Å². The fourth-order valence-electron chi connectivity index (χ4n) is 3.28. The highest BCUT2D eigenvalue weighted by molar-refractivity contribution is 6.06. The van der Waals surface area contributed by atoms with Crippen LogP contribution in [-0.4, -0.2) is 27.7 Å². The number of amides is 1. The third-order valence-corrected chi connectivity index (χ3v) is 4.72. The number of hydrogen-bond donors (Lipinski definition) is 2. The van der Waals surface area contributed by atoms with Crippen molar-refractivity contribution >= 4 is 28.7 Å². The lowest BCUT2D eigenvalue weighted by molar-refractivity contribution is -0.111. The maximum Gasteiger partial charge on any atom is 0.248 e. The van der Waals surface area contributed by atoms with E-state index in [0.717, 1.165) is 16.6 Å². The summed E-state index contributed by atoms with van der Waals surface area (Å²) in [5.41, 5.74) is 4.21. The minimum absolute atomic E-state index is 0.0228. The molecule has 1 amide bonds. The number of anilines is 1. The van der Waals surface area contributed by atoms with Crippen LogP contribution in [0.1, 0.15) is 11.1 Å². The average Bonchev–Trinajstić information content (AvgIpc) is 3.17. The van der Waals surface area contributed by atoms with E-state index in [1.165, 1.54) is 19.3 Å². The molecule has 1 aromatic heterocycles. The van der Waals surface area contributed by atoms with Gasteiger partial charge >= 0.3 is 0 Å². The number of aromatic hydroxyl groups is 1. The van der Waals surface area contributed by atoms with Crippen molar-refractivity contribution in [2.24, 2.45) is 0 Å². The first-order valence-corrected chi connectivity index (χ1v) is 9.48. The molecule has 0 aliphatic heterocycles. The Bertz CT molecular complexity index is 1210. The van der Waals surface area contributed by atoms with Gasteiger partial charge in [-0.25, -0.2) is 4.98 Å². The lowest BCUT2D eigenvalue weighted by Crippen LogP contribution is -2.09. The van der Waals surface area contributed by atoms with Crippen molar-refractivity contribution in [2.75, 3.05) is 12.4 Å². The van der Waals surface area contributed by atoms with Crippen LogP contribution in [0.5, 0.6) is 11.5 Å². The number of benzene rings is 3. The van der Waals surface area contributed by atoms with Crippen molar-refractivity contribution in [1.29, 1.82) is 0 Å². The summed E-state index contributed by atoms with van der Waals surface area (Å²) in [4.78, 5) is 17.0. The number of fused-ring (bicyclic) bond motifs is 1. The first kappa shape index (κ1) is 19.3. The van der Waals surface area contributed by atoms with Crippen molar-refractivity contribution in [3.63, 3.8) is 0 Å². The molecule has 30 heavy (non-hydrogen) atoms. The molecule has 6 heteroatoms. The predicted molar refractivity (Wildman–Crippen MR) is 118 cm³/mol. The summed E-state index contributed by atoms with van der Waals surface area (Å²) < 4.78 is 7.05. The van der Waals surface area contributed by atoms with Crippen LogP contribution in [0.2, 0.25) is 0 Å². The molecule has 0 saturated carbocycles. The van der Waals surface area contributed by atoms with Gasteiger partial charge in [-0.1, -0.05) is 42.5 Å². The Labute approximate surface area is 174 Å². The lowest BCUT2D eigenvalue weighted by atomic mass is 10.2. The molecule has 3 aromatic carbocycles. The van der Waals surface area contributed by atoms with E-state index in [0.29, 0.717) is 23.5 Å². The Hall–Kier alpha value is -4.06. The van der Waals surface area contributed by atoms with Gasteiger partial charge in [-0.3, -0.25) is 4.79 Å². The normalized spacial score (nSPS) is 11.1. The van der Waals surface area contributed by atoms with Crippen LogP contribution in [-0.2, 0) is 11.3 Å². The summed E-state index contributed by atoms with van der Waals surface area (Å²) in [6, 6.07) is 20.7. The van der Waals surface area contributed by atoms with Crippen molar-refractivity contribution < 1.29 is 14.6 Å². The summed E-state index contributed by atoms with van der Waals surface area (Å²) >= 11 is 0. The largest absolute Gasteiger partial charge is 0.504 e. The van der Waals surface area contributed by atoms with E-state index < -0.39 is 0 Å². The number of phenols is 1. The van der Waals surface area contributed by atoms with Crippen molar-refractivity contribution in [3.05, 3.63) is 90.3 Å². The van der Waals surface area contributed by atoms with Gasteiger partial charge in [-0.05, 0) is 41.5 Å². The number of hydrogen-bond acceptors (Lipinski definition) is 4. The molecule has 6 nitrogen and oxygen atoms in total. The van der Waals surface area contributed by atoms with Crippen LogP contribution in [0.4, 0.5) is 5.69 Å². The SMILES string of the molecule is COc1ccc(C=CC(=O)Nc2cccc3ncn(Cc4ccccc4)c23)cc1O. The Balaban J connectivity index is 1.55. The molecule has 2 N–H and O–H groups in total. The molecule has 0 spiro atoms. The number of para-hydroxylation sites is 1. The molecule has 1 heterocycles. The summed E-state index contributed by atoms with van der Waals surface area (Å²) in [5.74, 6) is 0.134. The number of methoxy groups -OCH3 is 1. The number of ether oxygens (including phenoxy) is 1. The van der Waals surface area contributed by atoms with E-state index in [2.05, 4.69) is 22.4 Å². The maximum absolute atomic E-state index is 12.5. The molecule has 4 aromatic rings. The van der Waals surface area contributed by atoms with Crippen LogP contribution in [0.15, 0.2) is 79.1 Å². The van der Waals surface area contributed by atoms with Gasteiger partial charge in [0.2, 0.25) is 5.91 Å². The Morgan fingerprint density at radius 2 is 1.97 bits per heavy atom. The van der Waals surface area contributed by atoms with Gasteiger partial charge in [0.15, 0.2) is 11.5 Å². The zero-order chi connectivity index (χ0) is 20.9. The van der Waals surface area contributed by atoms with E-state index in [9.17, 15) is 9.90 Å². The van der Waals surface area contributed by atoms with E-state index in [-0.39, 0.29) is 11.7 Å². The van der Waals surface area contributed by atoms with Gasteiger partial charge in [0.25, 0.3) is 0 Å². The summed E-state index contributed by atoms with van der Waals surface area (Å²) in [6.45, 7) is 0.658. The summed E-state index contributed by atoms with van der Waals surface area (Å²) in [5, 5.41) is 12.8. The van der Waals surface area contributed by atoms with Gasteiger partial charge in [-0.2, -0.15) is 0 Å². The molecule has 0 saturated heterocycles. The van der Waals surface area contributed by atoms with Gasteiger partial charge in [-0.15, -0.1) is 0 Å². The number of phenolic OH excluding ortho intramolecular Hbond substituents is 1. The quantitative estimate of drug-likeness (QED) is 0.470. The number of imidazole rings is 1. The molecule has 0 aliphatic carbocycles. The van der Waals surface area contributed by atoms with Crippen molar-refractivity contribution in [2.45, 2.75) is 6.54 Å². The zero-order valence-electron chi connectivity index (χ0n) is 16.4. The highest BCUT2D eigenvalue weighted by Gasteiger charge is 2.10. The number of aromatic nitrogens is 2. The Kier molecular flexibility index (Phi) is 5.48. The van der Waals surface area contributed by atoms with Gasteiger partial charge in [0, 0.05) is 12.6 Å². The minimum atomic E-state index is -0.273. The van der Waals surface area contributed by atoms with Crippen molar-refractivity contribution in [1.82, 2.24) is 9.55 Å². The van der Waals surface area contributed by atoms with Crippen molar-refractivity contribution in [3.8, 4) is 11.5 Å². The third-order valence-electron chi connectivity index (χ3n) is 4.72. The monoisotopic (exact) mass is 399 g/mol. The number of carbonyl (C=O) groups is 1. The number of nitrogens with zero attached hydrogens (tertiary/aromatic N) is 2. The second-order valence-corrected chi connectivity index (χ2v) is 6.79. The molecule has 0 radical (unpaired) electrons. The fraction of sp³-hybridized carbons (Fsp3) is 0.0833. The molecule has 0 aliphatic rings. The molecular weight excluding hydrogens is 378 g/mol. The first-order valence-electron chi connectivity index (χ1n) is 9.48. The van der Waals surface area contributed by atoms with Crippen LogP contribution in [0.3, 0.4) is 0 Å². The van der Waals surface area contributed by atoms with E-state index in [4.69, 9.17) is 4.74 Å². The average molecular weight is 399 g/mol. The molecule has 150 valence electrons. The van der Waals surface area contributed by atoms with Crippen LogP contribution in [0.25, 0.3) is 17.1 Å². The standard InChI is InChI=1S/C24H21N3O3/c1-30-22-12-10-17(14-21(22)28)11-13-23(29)26-20-9-5-8-19-24(20)27(16-25-19)15-18-6-3-2-4-7-18/h2-14,16,28H,15H2,1H3,(H,26,29). The number of nitrogens with one attached hydrogen (secondary N) is 1. The zero-order valence-corrected chi connectivity index (χ0v) is 16.4. The number of carbonyl (C=O) groups excluding carboxylic acids is 1. The lowest BCUT2D eigenvalue weighted by Gasteiger charge is -2.09. The number of rotatable bonds is 6. The van der Waals surface area contributed by atoms with E-state index in [1.54, 1.807) is 24.5 Å². The Morgan fingerprint density at radius 1 is 1.13 bits per heavy atom. The molecular formula is C24H21N3O3. The van der Waals surface area contributed by atoms with Gasteiger partial charge < -0.3 is 19.7 Å². The van der Waals surface area contributed by atoms with Crippen LogP contribution >= 0.6 is 0 Å². The van der Waals surface area contributed by atoms with Gasteiger partial charge in [0.05, 0.1) is 30.2 Å². The van der Waals surface area contributed by atoms with E-state index >= 15 is 0 Å². The third kappa shape index (κ3) is 4.17. The van der Waals surface area contributed by atoms with E-state index in [1.807, 2.05) is 41.0 Å². The van der Waals surface area contributed by atoms with Crippen LogP contribution in [0, 0.1) is 0 Å². The summed E-state index contributed by atoms with van der Waals surface area (Å²) in [7, 11) is 1.49. The maximum atomic E-state index is 12.5. The van der Waals surface area contributed by atoms with Gasteiger partial charge in [0.1, 0.15) is 0 Å². The molecule has 0 bridgehead atoms. The fourth-order valence-corrected chi connectivity index (χ4v) is 3.28. The molecule has 0 unspecified atom stereocenters. The second kappa shape index (κ2) is 8.53. The minimum Gasteiger partial charge on any atom is -0.504 e. The molecule has 0 fully saturated rings.